The molecule has 5 aromatic rings. The molecule has 4 aliphatic rings. The van der Waals surface area contributed by atoms with Crippen LogP contribution in [-0.4, -0.2) is 83.1 Å². The van der Waals surface area contributed by atoms with E-state index in [4.69, 9.17) is 11.6 Å². The van der Waals surface area contributed by atoms with Crippen LogP contribution in [0.15, 0.2) is 46.8 Å². The van der Waals surface area contributed by atoms with Crippen molar-refractivity contribution in [1.29, 1.82) is 5.26 Å². The minimum Gasteiger partial charge on any atom is -0.355 e. The van der Waals surface area contributed by atoms with Crippen LogP contribution in [0.25, 0.3) is 32.2 Å². The number of likely N-dealkylation sites (tertiary alicyclic amines) is 1. The Bertz CT molecular complexity index is 2730. The fourth-order valence-electron chi connectivity index (χ4n) is 8.74. The maximum Gasteiger partial charge on any atom is 0.267 e. The van der Waals surface area contributed by atoms with Gasteiger partial charge in [-0.25, -0.2) is 31.9 Å². The lowest BCUT2D eigenvalue weighted by Gasteiger charge is -2.74. The van der Waals surface area contributed by atoms with Crippen molar-refractivity contribution in [2.45, 2.75) is 63.6 Å². The lowest BCUT2D eigenvalue weighted by Crippen LogP contribution is -2.77. The second-order valence-corrected chi connectivity index (χ2v) is 18.1. The molecule has 288 valence electrons. The Morgan fingerprint density at radius 2 is 1.91 bits per heavy atom. The van der Waals surface area contributed by atoms with E-state index in [9.17, 15) is 32.0 Å². The number of benzene rings is 1. The molecule has 1 aliphatic heterocycles. The highest BCUT2D eigenvalue weighted by atomic mass is 35.5. The zero-order valence-corrected chi connectivity index (χ0v) is 33.0. The normalized spacial score (nSPS) is 20.9. The summed E-state index contributed by atoms with van der Waals surface area (Å²) in [5.74, 6) is 6.23. The van der Waals surface area contributed by atoms with Gasteiger partial charge in [-0.15, -0.1) is 11.3 Å². The van der Waals surface area contributed by atoms with Crippen molar-refractivity contribution in [3.05, 3.63) is 79.9 Å². The summed E-state index contributed by atoms with van der Waals surface area (Å²) in [6, 6.07) is 9.19. The van der Waals surface area contributed by atoms with E-state index in [2.05, 4.69) is 37.8 Å². The number of fused-ring (bicyclic) bond motifs is 2. The van der Waals surface area contributed by atoms with Crippen molar-refractivity contribution in [1.82, 2.24) is 29.1 Å². The molecule has 0 atom stereocenters. The molecule has 3 aliphatic carbocycles. The second-order valence-electron chi connectivity index (χ2n) is 15.0. The number of anilines is 1. The Morgan fingerprint density at radius 3 is 2.59 bits per heavy atom. The summed E-state index contributed by atoms with van der Waals surface area (Å²) in [7, 11) is -1.92. The second kappa shape index (κ2) is 13.9. The number of amides is 1. The Hall–Kier alpha value is -5.00. The van der Waals surface area contributed by atoms with Gasteiger partial charge in [0.25, 0.3) is 11.5 Å². The molecule has 1 amide bonds. The van der Waals surface area contributed by atoms with E-state index in [0.717, 1.165) is 32.2 Å². The smallest absolute Gasteiger partial charge is 0.267 e. The standard InChI is InChI=1S/C39H35ClF2N8O4S2/c1-22-46-30-17-45-34(48(2)25-9-13-49(14-10-25)39-19-38(20-39,21-39)37(41)42)28(16-43)31(30)36(52)50(22)12-4-5-23-6-7-24(40)15-27(23)26-8-11-44-32-29(18-55-33(26)32)35(51)47-56(3,53)54/h6-8,11,15,17-18,25,37H,9-10,12-14,19-21H2,1-3H3,(H,47,51). The number of halogens is 3. The number of piperidine rings is 1. The molecule has 1 saturated heterocycles. The number of pyridine rings is 2. The van der Waals surface area contributed by atoms with E-state index in [0.29, 0.717) is 68.4 Å². The van der Waals surface area contributed by atoms with Crippen LogP contribution in [0.3, 0.4) is 0 Å². The van der Waals surface area contributed by atoms with Crippen molar-refractivity contribution in [2.75, 3.05) is 31.3 Å². The number of aryl methyl sites for hydroxylation is 1. The van der Waals surface area contributed by atoms with Gasteiger partial charge in [0.15, 0.2) is 0 Å². The fraction of sp³-hybridized carbons (Fsp3) is 0.385. The van der Waals surface area contributed by atoms with Gasteiger partial charge in [0.1, 0.15) is 23.3 Å². The molecule has 3 saturated carbocycles. The van der Waals surface area contributed by atoms with Crippen molar-refractivity contribution < 1.29 is 22.0 Å². The highest BCUT2D eigenvalue weighted by molar-refractivity contribution is 7.89. The number of hydrogen-bond acceptors (Lipinski definition) is 11. The number of carbonyl (C=O) groups excluding carboxylic acids is 1. The van der Waals surface area contributed by atoms with Crippen LogP contribution in [0.4, 0.5) is 14.6 Å². The highest BCUT2D eigenvalue weighted by Gasteiger charge is 2.73. The fourth-order valence-corrected chi connectivity index (χ4v) is 10.4. The number of nitrogens with one attached hydrogen (secondary N) is 1. The number of rotatable bonds is 8. The van der Waals surface area contributed by atoms with Gasteiger partial charge in [-0.1, -0.05) is 23.4 Å². The van der Waals surface area contributed by atoms with E-state index in [1.807, 2.05) is 16.7 Å². The first-order chi connectivity index (χ1) is 26.6. The third-order valence-corrected chi connectivity index (χ3v) is 13.3. The van der Waals surface area contributed by atoms with Crippen LogP contribution in [0.2, 0.25) is 5.02 Å². The number of hydrogen-bond donors (Lipinski definition) is 1. The van der Waals surface area contributed by atoms with E-state index < -0.39 is 33.3 Å². The Kier molecular flexibility index (Phi) is 9.39. The summed E-state index contributed by atoms with van der Waals surface area (Å²) in [6.45, 7) is 3.19. The zero-order valence-electron chi connectivity index (χ0n) is 30.6. The van der Waals surface area contributed by atoms with E-state index in [1.165, 1.54) is 28.3 Å². The van der Waals surface area contributed by atoms with Crippen LogP contribution < -0.4 is 15.2 Å². The minimum atomic E-state index is -3.79. The molecule has 0 unspecified atom stereocenters. The van der Waals surface area contributed by atoms with Crippen molar-refractivity contribution >= 4 is 65.8 Å². The zero-order chi connectivity index (χ0) is 39.7. The highest BCUT2D eigenvalue weighted by Crippen LogP contribution is 2.72. The molecule has 0 radical (unpaired) electrons. The molecule has 2 bridgehead atoms. The quantitative estimate of drug-likeness (QED) is 0.192. The van der Waals surface area contributed by atoms with Gasteiger partial charge in [-0.2, -0.15) is 5.26 Å². The molecule has 4 aromatic heterocycles. The largest absolute Gasteiger partial charge is 0.355 e. The Balaban J connectivity index is 1.06. The Morgan fingerprint density at radius 1 is 1.18 bits per heavy atom. The van der Waals surface area contributed by atoms with E-state index >= 15 is 0 Å². The number of aromatic nitrogens is 4. The number of nitriles is 1. The predicted molar refractivity (Wildman–Crippen MR) is 211 cm³/mol. The van der Waals surface area contributed by atoms with Gasteiger partial charge in [0, 0.05) is 70.4 Å². The van der Waals surface area contributed by atoms with Gasteiger partial charge >= 0.3 is 0 Å². The van der Waals surface area contributed by atoms with E-state index in [-0.39, 0.29) is 34.6 Å². The SMILES string of the molecule is Cc1nc2cnc(N(C)C3CCN(C45CC(C(F)F)(C4)C5)CC3)c(C#N)c2c(=O)n1CC#Cc1ccc(Cl)cc1-c1ccnc2c(C(=O)NS(C)(=O)=O)csc12. The number of nitrogens with zero attached hydrogens (tertiary/aromatic N) is 7. The topological polar surface area (TPSA) is 154 Å². The average molecular weight is 817 g/mol. The molecule has 0 spiro atoms. The summed E-state index contributed by atoms with van der Waals surface area (Å²) < 4.78 is 54.3. The van der Waals surface area contributed by atoms with Gasteiger partial charge in [-0.05, 0) is 63.3 Å². The van der Waals surface area contributed by atoms with Crippen LogP contribution in [0.5, 0.6) is 0 Å². The van der Waals surface area contributed by atoms with Crippen molar-refractivity contribution in [3.8, 4) is 29.0 Å². The summed E-state index contributed by atoms with van der Waals surface area (Å²) in [5, 5.41) is 12.5. The predicted octanol–water partition coefficient (Wildman–Crippen LogP) is 5.73. The van der Waals surface area contributed by atoms with Crippen molar-refractivity contribution in [3.63, 3.8) is 0 Å². The molecular weight excluding hydrogens is 782 g/mol. The minimum absolute atomic E-state index is 0.0400. The number of alkyl halides is 2. The lowest BCUT2D eigenvalue weighted by molar-refractivity contribution is -0.275. The summed E-state index contributed by atoms with van der Waals surface area (Å²) in [4.78, 5) is 44.7. The first-order valence-corrected chi connectivity index (χ1v) is 21.0. The molecule has 56 heavy (non-hydrogen) atoms. The van der Waals surface area contributed by atoms with Crippen LogP contribution in [0.1, 0.15) is 59.4 Å². The maximum atomic E-state index is 14.1. The lowest BCUT2D eigenvalue weighted by atomic mass is 9.38. The summed E-state index contributed by atoms with van der Waals surface area (Å²) in [5.41, 5.74) is 1.49. The molecule has 9 rings (SSSR count). The molecule has 5 heterocycles. The van der Waals surface area contributed by atoms with E-state index in [1.54, 1.807) is 36.6 Å². The monoisotopic (exact) mass is 816 g/mol. The van der Waals surface area contributed by atoms with Crippen molar-refractivity contribution in [2.24, 2.45) is 5.41 Å². The molecule has 4 fully saturated rings. The molecule has 1 aromatic carbocycles. The first kappa shape index (κ1) is 37.9. The third kappa shape index (κ3) is 6.38. The number of sulfonamides is 1. The van der Waals surface area contributed by atoms with Crippen LogP contribution in [0, 0.1) is 35.5 Å². The third-order valence-electron chi connectivity index (χ3n) is 11.5. The van der Waals surface area contributed by atoms with Crippen LogP contribution >= 0.6 is 22.9 Å². The molecule has 17 heteroatoms. The molecular formula is C39H35ClF2N8O4S2. The van der Waals surface area contributed by atoms with Gasteiger partial charge in [0.2, 0.25) is 16.4 Å². The summed E-state index contributed by atoms with van der Waals surface area (Å²) >= 11 is 7.66. The summed E-state index contributed by atoms with van der Waals surface area (Å²) in [6.07, 6.45) is 4.92. The molecule has 12 nitrogen and oxygen atoms in total. The molecule has 1 N–H and O–H groups in total. The van der Waals surface area contributed by atoms with Gasteiger partial charge in [-0.3, -0.25) is 24.0 Å². The average Bonchev–Trinajstić information content (AvgIpc) is 3.56. The maximum absolute atomic E-state index is 14.1. The number of carbonyl (C=O) groups is 1. The van der Waals surface area contributed by atoms with Gasteiger partial charge < -0.3 is 4.90 Å². The Labute approximate surface area is 330 Å². The van der Waals surface area contributed by atoms with Crippen LogP contribution in [-0.2, 0) is 16.6 Å². The van der Waals surface area contributed by atoms with Gasteiger partial charge in [0.05, 0.1) is 45.7 Å². The number of thiophene rings is 1. The first-order valence-electron chi connectivity index (χ1n) is 17.9.